The smallest absolute Gasteiger partial charge is 0.359 e. The topological polar surface area (TPSA) is 67.2 Å². The highest BCUT2D eigenvalue weighted by molar-refractivity contribution is 7.82. The van der Waals surface area contributed by atoms with E-state index in [2.05, 4.69) is 17.4 Å². The summed E-state index contributed by atoms with van der Waals surface area (Å²) in [5.41, 5.74) is -0.719. The molecule has 0 aliphatic carbocycles. The lowest BCUT2D eigenvalue weighted by molar-refractivity contribution is -0.134. The van der Waals surface area contributed by atoms with Crippen molar-refractivity contribution in [3.05, 3.63) is 0 Å². The van der Waals surface area contributed by atoms with Crippen molar-refractivity contribution >= 4 is 37.9 Å². The summed E-state index contributed by atoms with van der Waals surface area (Å²) in [6.07, 6.45) is 0. The number of thiol groups is 1. The average molecular weight is 185 g/mol. The van der Waals surface area contributed by atoms with Crippen LogP contribution in [-0.2, 0) is 14.3 Å². The van der Waals surface area contributed by atoms with Gasteiger partial charge >= 0.3 is 5.97 Å². The molecule has 2 radical (unpaired) electrons. The second-order valence-electron chi connectivity index (χ2n) is 2.01. The molecule has 0 aromatic rings. The fraction of sp³-hybridized carbons (Fsp3) is 0.500. The molecule has 0 heterocycles. The van der Waals surface area contributed by atoms with E-state index in [0.29, 0.717) is 0 Å². The maximum atomic E-state index is 10.9. The van der Waals surface area contributed by atoms with E-state index in [0.717, 1.165) is 0 Å². The summed E-state index contributed by atoms with van der Waals surface area (Å²) in [5, 5.41) is 6.33. The van der Waals surface area contributed by atoms with Gasteiger partial charge in [-0.15, -0.1) is 0 Å². The number of esters is 1. The zero-order valence-corrected chi connectivity index (χ0v) is 7.43. The molecule has 0 aliphatic rings. The zero-order valence-electron chi connectivity index (χ0n) is 6.53. The highest BCUT2D eigenvalue weighted by Gasteiger charge is 2.22. The van der Waals surface area contributed by atoms with Gasteiger partial charge in [-0.25, -0.2) is 4.79 Å². The Labute approximate surface area is 77.0 Å². The predicted octanol–water partition coefficient (Wildman–Crippen LogP) is -0.437. The Hall–Kier alpha value is -0.775. The second kappa shape index (κ2) is 4.98. The molecule has 4 nitrogen and oxygen atoms in total. The van der Waals surface area contributed by atoms with Crippen molar-refractivity contribution in [2.75, 3.05) is 6.51 Å². The molecule has 0 aromatic carbocycles. The van der Waals surface area contributed by atoms with Gasteiger partial charge in [-0.3, -0.25) is 10.2 Å². The van der Waals surface area contributed by atoms with Crippen molar-refractivity contribution in [2.45, 2.75) is 12.2 Å². The van der Waals surface area contributed by atoms with E-state index in [-0.39, 0.29) is 6.51 Å². The lowest BCUT2D eigenvalue weighted by atomic mass is 10.2. The molecule has 0 aromatic heterocycles. The second-order valence-corrected chi connectivity index (χ2v) is 2.79. The van der Waals surface area contributed by atoms with E-state index in [1.807, 2.05) is 0 Å². The van der Waals surface area contributed by atoms with E-state index in [1.165, 1.54) is 6.92 Å². The minimum absolute atomic E-state index is 0.338. The number of ether oxygens (including phenoxy) is 1. The SMILES string of the molecule is [B]COC(=O)C(=N)C(=O)C(C)S. The normalized spacial score (nSPS) is 11.8. The van der Waals surface area contributed by atoms with Gasteiger partial charge < -0.3 is 4.74 Å². The molecule has 0 spiro atoms. The van der Waals surface area contributed by atoms with Crippen molar-refractivity contribution in [3.63, 3.8) is 0 Å². The number of carbonyl (C=O) groups excluding carboxylic acids is 2. The maximum absolute atomic E-state index is 10.9. The summed E-state index contributed by atoms with van der Waals surface area (Å²) >= 11 is 3.77. The van der Waals surface area contributed by atoms with Crippen LogP contribution < -0.4 is 0 Å². The molecule has 0 rings (SSSR count). The minimum atomic E-state index is -1.01. The Bertz CT molecular complexity index is 217. The van der Waals surface area contributed by atoms with E-state index in [4.69, 9.17) is 13.3 Å². The van der Waals surface area contributed by atoms with E-state index in [1.54, 1.807) is 0 Å². The Morgan fingerprint density at radius 3 is 2.50 bits per heavy atom. The van der Waals surface area contributed by atoms with Gasteiger partial charge in [0.2, 0.25) is 0 Å². The number of Topliss-reactive ketones (excluding diaryl/α,β-unsaturated/α-hetero) is 1. The van der Waals surface area contributed by atoms with Crippen LogP contribution in [0.2, 0.25) is 0 Å². The molecule has 0 bridgehead atoms. The van der Waals surface area contributed by atoms with Crippen molar-refractivity contribution < 1.29 is 14.3 Å². The van der Waals surface area contributed by atoms with Gasteiger partial charge in [-0.05, 0) is 6.92 Å². The van der Waals surface area contributed by atoms with Gasteiger partial charge in [0.25, 0.3) is 0 Å². The van der Waals surface area contributed by atoms with Gasteiger partial charge in [-0.2, -0.15) is 12.6 Å². The number of carbonyl (C=O) groups is 2. The van der Waals surface area contributed by atoms with Crippen LogP contribution in [0.3, 0.4) is 0 Å². The standard InChI is InChI=1S/C6H8BNO3S/c1-3(12)5(9)4(8)6(10)11-2-7/h3,8,12H,2H2,1H3. The van der Waals surface area contributed by atoms with Crippen molar-refractivity contribution in [1.82, 2.24) is 0 Å². The first-order valence-electron chi connectivity index (χ1n) is 3.18. The van der Waals surface area contributed by atoms with Gasteiger partial charge in [0, 0.05) is 6.51 Å². The molecule has 1 atom stereocenters. The third-order valence-corrected chi connectivity index (χ3v) is 1.28. The Kier molecular flexibility index (Phi) is 4.65. The highest BCUT2D eigenvalue weighted by Crippen LogP contribution is 1.97. The predicted molar refractivity (Wildman–Crippen MR) is 47.9 cm³/mol. The molecule has 1 unspecified atom stereocenters. The maximum Gasteiger partial charge on any atom is 0.359 e. The zero-order chi connectivity index (χ0) is 9.72. The third-order valence-electron chi connectivity index (χ3n) is 1.04. The van der Waals surface area contributed by atoms with Crippen LogP contribution in [0.4, 0.5) is 0 Å². The van der Waals surface area contributed by atoms with Gasteiger partial charge in [0.1, 0.15) is 7.85 Å². The molecular weight excluding hydrogens is 177 g/mol. The van der Waals surface area contributed by atoms with Crippen molar-refractivity contribution in [2.24, 2.45) is 0 Å². The van der Waals surface area contributed by atoms with Gasteiger partial charge in [0.15, 0.2) is 11.5 Å². The summed E-state index contributed by atoms with van der Waals surface area (Å²) in [6.45, 7) is 1.13. The Balaban J connectivity index is 4.20. The van der Waals surface area contributed by atoms with Gasteiger partial charge in [0.05, 0.1) is 5.25 Å². The Morgan fingerprint density at radius 2 is 2.17 bits per heavy atom. The summed E-state index contributed by atoms with van der Waals surface area (Å²) < 4.78 is 4.23. The van der Waals surface area contributed by atoms with E-state index < -0.39 is 22.7 Å². The van der Waals surface area contributed by atoms with Crippen molar-refractivity contribution in [3.8, 4) is 0 Å². The molecular formula is C6H8BNO3S. The minimum Gasteiger partial charge on any atom is -0.471 e. The molecule has 12 heavy (non-hydrogen) atoms. The first kappa shape index (κ1) is 11.2. The van der Waals surface area contributed by atoms with Gasteiger partial charge in [-0.1, -0.05) is 0 Å². The number of hydrogen-bond donors (Lipinski definition) is 2. The lowest BCUT2D eigenvalue weighted by Crippen LogP contribution is -2.30. The summed E-state index contributed by atoms with van der Waals surface area (Å²) in [7, 11) is 4.87. The number of hydrogen-bond acceptors (Lipinski definition) is 5. The first-order valence-corrected chi connectivity index (χ1v) is 3.70. The molecule has 6 heteroatoms. The van der Waals surface area contributed by atoms with Crippen LogP contribution in [0.15, 0.2) is 0 Å². The lowest BCUT2D eigenvalue weighted by Gasteiger charge is -2.03. The summed E-state index contributed by atoms with van der Waals surface area (Å²) in [4.78, 5) is 21.6. The number of rotatable bonds is 4. The molecule has 0 fully saturated rings. The highest BCUT2D eigenvalue weighted by atomic mass is 32.1. The van der Waals surface area contributed by atoms with Crippen LogP contribution in [0.25, 0.3) is 0 Å². The van der Waals surface area contributed by atoms with Crippen molar-refractivity contribution in [1.29, 1.82) is 5.41 Å². The summed E-state index contributed by atoms with van der Waals surface area (Å²) in [5.74, 6) is -1.68. The molecule has 64 valence electrons. The molecule has 0 aliphatic heterocycles. The van der Waals surface area contributed by atoms with E-state index in [9.17, 15) is 9.59 Å². The van der Waals surface area contributed by atoms with Crippen LogP contribution in [0.5, 0.6) is 0 Å². The van der Waals surface area contributed by atoms with Crippen LogP contribution in [-0.4, -0.2) is 37.1 Å². The van der Waals surface area contributed by atoms with E-state index >= 15 is 0 Å². The van der Waals surface area contributed by atoms with Crippen LogP contribution >= 0.6 is 12.6 Å². The number of nitrogens with one attached hydrogen (secondary N) is 1. The molecule has 1 N–H and O–H groups in total. The summed E-state index contributed by atoms with van der Waals surface area (Å²) in [6, 6.07) is 0. The molecule has 0 saturated carbocycles. The quantitative estimate of drug-likeness (QED) is 0.205. The largest absolute Gasteiger partial charge is 0.471 e. The first-order chi connectivity index (χ1) is 5.50. The van der Waals surface area contributed by atoms with Crippen LogP contribution in [0.1, 0.15) is 6.92 Å². The van der Waals surface area contributed by atoms with Crippen LogP contribution in [0, 0.1) is 5.41 Å². The monoisotopic (exact) mass is 185 g/mol. The fourth-order valence-electron chi connectivity index (χ4n) is 0.457. The third kappa shape index (κ3) is 3.08. The fourth-order valence-corrected chi connectivity index (χ4v) is 0.586. The number of ketones is 1. The Morgan fingerprint density at radius 1 is 1.67 bits per heavy atom. The molecule has 0 amide bonds. The average Bonchev–Trinajstić information content (AvgIpc) is 2.02. The molecule has 0 saturated heterocycles.